The highest BCUT2D eigenvalue weighted by atomic mass is 31.2. The molecule has 1 saturated carbocycles. The molecule has 0 heterocycles. The van der Waals surface area contributed by atoms with Crippen LogP contribution in [0.2, 0.25) is 0 Å². The molecule has 0 amide bonds. The second kappa shape index (κ2) is 6.81. The molecule has 0 unspecified atom stereocenters. The molecule has 0 aromatic heterocycles. The summed E-state index contributed by atoms with van der Waals surface area (Å²) in [5.74, 6) is 0.467. The van der Waals surface area contributed by atoms with Gasteiger partial charge in [0.2, 0.25) is 0 Å². The topological polar surface area (TPSA) is 26.3 Å². The standard InChI is InChI=1S/C19H23O2P/c1-16-10-8-9-15-19(16)21-22(20,17-11-4-2-5-12-17)18-13-6-3-7-14-18/h2-7,11-14,16,19H,8-10,15H2,1H3/t16-,19-/m0/s1. The van der Waals surface area contributed by atoms with Crippen molar-refractivity contribution in [3.8, 4) is 0 Å². The Morgan fingerprint density at radius 1 is 0.864 bits per heavy atom. The lowest BCUT2D eigenvalue weighted by Crippen LogP contribution is -2.29. The van der Waals surface area contributed by atoms with Crippen LogP contribution < -0.4 is 10.6 Å². The lowest BCUT2D eigenvalue weighted by atomic mass is 9.88. The molecular formula is C19H23O2P. The molecule has 2 aromatic rings. The maximum Gasteiger partial charge on any atom is 0.261 e. The molecule has 2 aromatic carbocycles. The van der Waals surface area contributed by atoms with Crippen molar-refractivity contribution in [2.45, 2.75) is 38.7 Å². The summed E-state index contributed by atoms with van der Waals surface area (Å²) in [6.45, 7) is 2.21. The van der Waals surface area contributed by atoms with E-state index in [4.69, 9.17) is 4.52 Å². The highest BCUT2D eigenvalue weighted by Crippen LogP contribution is 2.48. The zero-order valence-corrected chi connectivity index (χ0v) is 13.9. The summed E-state index contributed by atoms with van der Waals surface area (Å²) in [5.41, 5.74) is 0. The van der Waals surface area contributed by atoms with Gasteiger partial charge in [-0.25, -0.2) is 0 Å². The maximum absolute atomic E-state index is 13.8. The van der Waals surface area contributed by atoms with Crippen molar-refractivity contribution >= 4 is 18.0 Å². The molecule has 0 bridgehead atoms. The van der Waals surface area contributed by atoms with E-state index in [1.54, 1.807) is 0 Å². The van der Waals surface area contributed by atoms with Gasteiger partial charge in [-0.15, -0.1) is 0 Å². The van der Waals surface area contributed by atoms with Gasteiger partial charge in [-0.3, -0.25) is 4.57 Å². The molecule has 0 saturated heterocycles. The van der Waals surface area contributed by atoms with E-state index in [1.807, 2.05) is 60.7 Å². The SMILES string of the molecule is C[C@H]1CCCC[C@@H]1OP(=O)(c1ccccc1)c1ccccc1. The fourth-order valence-electron chi connectivity index (χ4n) is 3.15. The molecule has 1 aliphatic rings. The van der Waals surface area contributed by atoms with Gasteiger partial charge in [0, 0.05) is 10.6 Å². The second-order valence-corrected chi connectivity index (χ2v) is 8.47. The molecule has 2 atom stereocenters. The first kappa shape index (κ1) is 15.5. The Hall–Kier alpha value is -1.37. The first-order chi connectivity index (χ1) is 10.7. The van der Waals surface area contributed by atoms with Gasteiger partial charge in [0.1, 0.15) is 0 Å². The van der Waals surface area contributed by atoms with Gasteiger partial charge in [0.05, 0.1) is 6.10 Å². The zero-order valence-electron chi connectivity index (χ0n) is 13.0. The van der Waals surface area contributed by atoms with Crippen molar-refractivity contribution in [3.63, 3.8) is 0 Å². The third-order valence-electron chi connectivity index (χ3n) is 4.51. The molecule has 2 nitrogen and oxygen atoms in total. The van der Waals surface area contributed by atoms with Crippen molar-refractivity contribution in [2.75, 3.05) is 0 Å². The number of hydrogen-bond donors (Lipinski definition) is 0. The Bertz CT molecular complexity index is 595. The van der Waals surface area contributed by atoms with Crippen LogP contribution >= 0.6 is 7.37 Å². The fraction of sp³-hybridized carbons (Fsp3) is 0.368. The van der Waals surface area contributed by atoms with Crippen LogP contribution in [0.1, 0.15) is 32.6 Å². The van der Waals surface area contributed by atoms with E-state index < -0.39 is 7.37 Å². The van der Waals surface area contributed by atoms with Gasteiger partial charge >= 0.3 is 0 Å². The smallest absolute Gasteiger partial charge is 0.261 e. The van der Waals surface area contributed by atoms with Crippen molar-refractivity contribution in [2.24, 2.45) is 5.92 Å². The van der Waals surface area contributed by atoms with Crippen LogP contribution in [0.15, 0.2) is 60.7 Å². The normalized spacial score (nSPS) is 22.4. The molecule has 3 heteroatoms. The first-order valence-electron chi connectivity index (χ1n) is 8.10. The van der Waals surface area contributed by atoms with Gasteiger partial charge in [0.25, 0.3) is 7.37 Å². The number of benzene rings is 2. The molecule has 3 rings (SSSR count). The highest BCUT2D eigenvalue weighted by Gasteiger charge is 2.34. The van der Waals surface area contributed by atoms with Crippen LogP contribution in [0.5, 0.6) is 0 Å². The van der Waals surface area contributed by atoms with Crippen LogP contribution in [0.25, 0.3) is 0 Å². The summed E-state index contributed by atoms with van der Waals surface area (Å²) in [4.78, 5) is 0. The molecule has 0 aliphatic heterocycles. The van der Waals surface area contributed by atoms with E-state index in [0.717, 1.165) is 23.5 Å². The molecule has 1 aliphatic carbocycles. The van der Waals surface area contributed by atoms with E-state index in [9.17, 15) is 4.57 Å². The van der Waals surface area contributed by atoms with Crippen LogP contribution in [0, 0.1) is 5.92 Å². The summed E-state index contributed by atoms with van der Waals surface area (Å²) in [7, 11) is -3.03. The van der Waals surface area contributed by atoms with Gasteiger partial charge in [0.15, 0.2) is 0 Å². The number of hydrogen-bond acceptors (Lipinski definition) is 2. The highest BCUT2D eigenvalue weighted by molar-refractivity contribution is 7.74. The van der Waals surface area contributed by atoms with Crippen molar-refractivity contribution in [3.05, 3.63) is 60.7 Å². The van der Waals surface area contributed by atoms with Gasteiger partial charge < -0.3 is 4.52 Å². The van der Waals surface area contributed by atoms with Crippen LogP contribution in [0.4, 0.5) is 0 Å². The Morgan fingerprint density at radius 3 is 1.86 bits per heavy atom. The molecule has 0 radical (unpaired) electrons. The Morgan fingerprint density at radius 2 is 1.36 bits per heavy atom. The zero-order chi connectivity index (χ0) is 15.4. The van der Waals surface area contributed by atoms with E-state index in [0.29, 0.717) is 5.92 Å². The average molecular weight is 314 g/mol. The van der Waals surface area contributed by atoms with Crippen molar-refractivity contribution in [1.82, 2.24) is 0 Å². The minimum atomic E-state index is -3.03. The summed E-state index contributed by atoms with van der Waals surface area (Å²) in [6, 6.07) is 19.3. The summed E-state index contributed by atoms with van der Waals surface area (Å²) in [6.07, 6.45) is 4.67. The average Bonchev–Trinajstić information content (AvgIpc) is 2.58. The Balaban J connectivity index is 1.98. The molecule has 116 valence electrons. The molecule has 0 N–H and O–H groups in total. The molecular weight excluding hydrogens is 291 g/mol. The van der Waals surface area contributed by atoms with Crippen LogP contribution in [-0.2, 0) is 9.09 Å². The third kappa shape index (κ3) is 3.19. The van der Waals surface area contributed by atoms with E-state index in [-0.39, 0.29) is 6.10 Å². The van der Waals surface area contributed by atoms with E-state index in [2.05, 4.69) is 6.92 Å². The lowest BCUT2D eigenvalue weighted by molar-refractivity contribution is 0.110. The first-order valence-corrected chi connectivity index (χ1v) is 9.72. The lowest BCUT2D eigenvalue weighted by Gasteiger charge is -2.32. The minimum Gasteiger partial charge on any atom is -0.318 e. The largest absolute Gasteiger partial charge is 0.318 e. The quantitative estimate of drug-likeness (QED) is 0.776. The van der Waals surface area contributed by atoms with E-state index in [1.165, 1.54) is 12.8 Å². The van der Waals surface area contributed by atoms with Crippen molar-refractivity contribution in [1.29, 1.82) is 0 Å². The Labute approximate surface area is 133 Å². The predicted molar refractivity (Wildman–Crippen MR) is 92.3 cm³/mol. The molecule has 22 heavy (non-hydrogen) atoms. The van der Waals surface area contributed by atoms with Crippen molar-refractivity contribution < 1.29 is 9.09 Å². The Kier molecular flexibility index (Phi) is 4.81. The molecule has 0 spiro atoms. The summed E-state index contributed by atoms with van der Waals surface area (Å²) in [5, 5.41) is 1.58. The summed E-state index contributed by atoms with van der Waals surface area (Å²) < 4.78 is 20.1. The molecule has 1 fully saturated rings. The minimum absolute atomic E-state index is 0.0833. The van der Waals surface area contributed by atoms with E-state index >= 15 is 0 Å². The van der Waals surface area contributed by atoms with Gasteiger partial charge in [-0.1, -0.05) is 56.2 Å². The third-order valence-corrected chi connectivity index (χ3v) is 7.03. The predicted octanol–water partition coefficient (Wildman–Crippen LogP) is 4.51. The maximum atomic E-state index is 13.8. The van der Waals surface area contributed by atoms with Gasteiger partial charge in [-0.2, -0.15) is 0 Å². The number of rotatable bonds is 4. The summed E-state index contributed by atoms with van der Waals surface area (Å²) >= 11 is 0. The van der Waals surface area contributed by atoms with Gasteiger partial charge in [-0.05, 0) is 43.0 Å². The fourth-order valence-corrected chi connectivity index (χ4v) is 5.51. The second-order valence-electron chi connectivity index (χ2n) is 6.13. The monoisotopic (exact) mass is 314 g/mol. The van der Waals surface area contributed by atoms with Crippen LogP contribution in [0.3, 0.4) is 0 Å². The van der Waals surface area contributed by atoms with Crippen LogP contribution in [-0.4, -0.2) is 6.10 Å².